The number of rotatable bonds is 7. The monoisotopic (exact) mass is 345 g/mol. The lowest BCUT2D eigenvalue weighted by Gasteiger charge is -2.21. The van der Waals surface area contributed by atoms with E-state index in [1.54, 1.807) is 17.0 Å². The number of carbonyl (C=O) groups excluding carboxylic acids is 2. The van der Waals surface area contributed by atoms with Gasteiger partial charge in [0, 0.05) is 18.3 Å². The molecule has 0 bridgehead atoms. The van der Waals surface area contributed by atoms with Crippen molar-refractivity contribution in [2.24, 2.45) is 0 Å². The van der Waals surface area contributed by atoms with Crippen molar-refractivity contribution >= 4 is 18.0 Å². The van der Waals surface area contributed by atoms with E-state index >= 15 is 0 Å². The molecule has 6 nitrogen and oxygen atoms in total. The molecule has 25 heavy (non-hydrogen) atoms. The third-order valence-corrected chi connectivity index (χ3v) is 3.93. The standard InChI is InChI=1S/C19H23NO5/c1-3-20(15-6-4-5-7-15)18(22)13-25-19(23)11-9-14-8-10-16(21)17(12-14)24-2/h6,8-12,21H,3-5,7,13H2,1-2H3/b11-9+. The van der Waals surface area contributed by atoms with Crippen LogP contribution in [0.4, 0.5) is 0 Å². The van der Waals surface area contributed by atoms with Gasteiger partial charge in [-0.2, -0.15) is 0 Å². The van der Waals surface area contributed by atoms with E-state index in [1.807, 2.05) is 6.92 Å². The minimum absolute atomic E-state index is 0.0219. The van der Waals surface area contributed by atoms with Crippen LogP contribution in [-0.4, -0.2) is 42.1 Å². The molecule has 0 spiro atoms. The van der Waals surface area contributed by atoms with Gasteiger partial charge in [0.05, 0.1) is 7.11 Å². The van der Waals surface area contributed by atoms with E-state index in [1.165, 1.54) is 25.3 Å². The minimum Gasteiger partial charge on any atom is -0.504 e. The Morgan fingerprint density at radius 3 is 2.80 bits per heavy atom. The Balaban J connectivity index is 1.88. The summed E-state index contributed by atoms with van der Waals surface area (Å²) in [4.78, 5) is 25.7. The average Bonchev–Trinajstić information content (AvgIpc) is 3.14. The second kappa shape index (κ2) is 8.92. The zero-order chi connectivity index (χ0) is 18.2. The van der Waals surface area contributed by atoms with Gasteiger partial charge < -0.3 is 19.5 Å². The molecule has 1 amide bonds. The number of allylic oxidation sites excluding steroid dienone is 2. The van der Waals surface area contributed by atoms with E-state index in [0.717, 1.165) is 25.0 Å². The van der Waals surface area contributed by atoms with Crippen molar-refractivity contribution < 1.29 is 24.2 Å². The fourth-order valence-electron chi connectivity index (χ4n) is 2.66. The van der Waals surface area contributed by atoms with Gasteiger partial charge in [-0.05, 0) is 50.0 Å². The summed E-state index contributed by atoms with van der Waals surface area (Å²) in [5.74, 6) is -0.483. The number of methoxy groups -OCH3 is 1. The largest absolute Gasteiger partial charge is 0.504 e. The summed E-state index contributed by atoms with van der Waals surface area (Å²) in [5.41, 5.74) is 1.68. The van der Waals surface area contributed by atoms with Crippen molar-refractivity contribution in [2.45, 2.75) is 26.2 Å². The van der Waals surface area contributed by atoms with Crippen LogP contribution in [0.25, 0.3) is 6.08 Å². The fourth-order valence-corrected chi connectivity index (χ4v) is 2.66. The summed E-state index contributed by atoms with van der Waals surface area (Å²) in [5, 5.41) is 9.54. The molecular formula is C19H23NO5. The van der Waals surface area contributed by atoms with Crippen LogP contribution in [0, 0.1) is 0 Å². The molecule has 0 atom stereocenters. The van der Waals surface area contributed by atoms with Crippen LogP contribution >= 0.6 is 0 Å². The molecule has 1 N–H and O–H groups in total. The summed E-state index contributed by atoms with van der Waals surface area (Å²) >= 11 is 0. The molecule has 1 aromatic rings. The molecule has 1 aliphatic rings. The summed E-state index contributed by atoms with van der Waals surface area (Å²) in [6.07, 6.45) is 7.75. The number of benzene rings is 1. The van der Waals surface area contributed by atoms with Gasteiger partial charge in [-0.15, -0.1) is 0 Å². The smallest absolute Gasteiger partial charge is 0.331 e. The normalized spacial score (nSPS) is 13.6. The number of amides is 1. The highest BCUT2D eigenvalue weighted by Gasteiger charge is 2.19. The lowest BCUT2D eigenvalue weighted by Crippen LogP contribution is -2.33. The lowest BCUT2D eigenvalue weighted by molar-refractivity contribution is -0.147. The molecule has 0 aliphatic heterocycles. The number of phenolic OH excluding ortho intramolecular Hbond substituents is 1. The molecule has 0 saturated heterocycles. The molecule has 0 fully saturated rings. The summed E-state index contributed by atoms with van der Waals surface area (Å²) in [7, 11) is 1.45. The summed E-state index contributed by atoms with van der Waals surface area (Å²) in [6.45, 7) is 2.18. The van der Waals surface area contributed by atoms with Crippen LogP contribution < -0.4 is 4.74 Å². The van der Waals surface area contributed by atoms with E-state index < -0.39 is 5.97 Å². The van der Waals surface area contributed by atoms with E-state index in [2.05, 4.69) is 6.08 Å². The van der Waals surface area contributed by atoms with E-state index in [4.69, 9.17) is 9.47 Å². The first-order chi connectivity index (χ1) is 12.0. The number of likely N-dealkylation sites (N-methyl/N-ethyl adjacent to an activating group) is 1. The number of ether oxygens (including phenoxy) is 2. The quantitative estimate of drug-likeness (QED) is 0.607. The molecule has 1 aromatic carbocycles. The molecule has 1 aliphatic carbocycles. The maximum Gasteiger partial charge on any atom is 0.331 e. The average molecular weight is 345 g/mol. The van der Waals surface area contributed by atoms with Gasteiger partial charge in [-0.25, -0.2) is 4.79 Å². The number of aromatic hydroxyl groups is 1. The Morgan fingerprint density at radius 2 is 2.16 bits per heavy atom. The summed E-state index contributed by atoms with van der Waals surface area (Å²) in [6, 6.07) is 4.70. The second-order valence-corrected chi connectivity index (χ2v) is 5.60. The second-order valence-electron chi connectivity index (χ2n) is 5.60. The van der Waals surface area contributed by atoms with Crippen molar-refractivity contribution in [3.63, 3.8) is 0 Å². The molecule has 0 aromatic heterocycles. The predicted octanol–water partition coefficient (Wildman–Crippen LogP) is 2.87. The van der Waals surface area contributed by atoms with E-state index in [-0.39, 0.29) is 18.3 Å². The van der Waals surface area contributed by atoms with Crippen LogP contribution in [0.2, 0.25) is 0 Å². The van der Waals surface area contributed by atoms with Crippen LogP contribution in [0.3, 0.4) is 0 Å². The van der Waals surface area contributed by atoms with Crippen LogP contribution in [0.5, 0.6) is 11.5 Å². The molecule has 2 rings (SSSR count). The van der Waals surface area contributed by atoms with Gasteiger partial charge in [0.1, 0.15) is 0 Å². The van der Waals surface area contributed by atoms with Crippen molar-refractivity contribution in [3.05, 3.63) is 41.6 Å². The lowest BCUT2D eigenvalue weighted by atomic mass is 10.2. The molecule has 0 radical (unpaired) electrons. The molecule has 0 heterocycles. The molecule has 134 valence electrons. The van der Waals surface area contributed by atoms with Crippen molar-refractivity contribution in [2.75, 3.05) is 20.3 Å². The first kappa shape index (κ1) is 18.6. The Kier molecular flexibility index (Phi) is 6.62. The van der Waals surface area contributed by atoms with E-state index in [0.29, 0.717) is 17.9 Å². The van der Waals surface area contributed by atoms with Crippen LogP contribution in [0.15, 0.2) is 36.0 Å². The Labute approximate surface area is 147 Å². The third-order valence-electron chi connectivity index (χ3n) is 3.93. The van der Waals surface area contributed by atoms with Gasteiger partial charge in [0.2, 0.25) is 0 Å². The molecule has 0 saturated carbocycles. The molecule has 0 unspecified atom stereocenters. The minimum atomic E-state index is -0.600. The van der Waals surface area contributed by atoms with Gasteiger partial charge in [-0.1, -0.05) is 12.1 Å². The van der Waals surface area contributed by atoms with Crippen molar-refractivity contribution in [1.82, 2.24) is 4.90 Å². The number of hydrogen-bond acceptors (Lipinski definition) is 5. The first-order valence-corrected chi connectivity index (χ1v) is 8.26. The van der Waals surface area contributed by atoms with Gasteiger partial charge in [0.15, 0.2) is 18.1 Å². The SMILES string of the molecule is CCN(C(=O)COC(=O)/C=C/c1ccc(O)c(OC)c1)C1=CCCC1. The number of hydrogen-bond donors (Lipinski definition) is 1. The third kappa shape index (κ3) is 5.11. The maximum absolute atomic E-state index is 12.2. The highest BCUT2D eigenvalue weighted by molar-refractivity contribution is 5.89. The number of nitrogens with zero attached hydrogens (tertiary/aromatic N) is 1. The Hall–Kier alpha value is -2.76. The van der Waals surface area contributed by atoms with Gasteiger partial charge >= 0.3 is 5.97 Å². The van der Waals surface area contributed by atoms with Crippen molar-refractivity contribution in [1.29, 1.82) is 0 Å². The number of esters is 1. The fraction of sp³-hybridized carbons (Fsp3) is 0.368. The van der Waals surface area contributed by atoms with Crippen LogP contribution in [0.1, 0.15) is 31.7 Å². The number of phenols is 1. The Morgan fingerprint density at radius 1 is 1.36 bits per heavy atom. The van der Waals surface area contributed by atoms with Gasteiger partial charge in [0.25, 0.3) is 5.91 Å². The van der Waals surface area contributed by atoms with Gasteiger partial charge in [-0.3, -0.25) is 4.79 Å². The highest BCUT2D eigenvalue weighted by Crippen LogP contribution is 2.26. The van der Waals surface area contributed by atoms with E-state index in [9.17, 15) is 14.7 Å². The molecular weight excluding hydrogens is 322 g/mol. The predicted molar refractivity (Wildman–Crippen MR) is 94.0 cm³/mol. The van der Waals surface area contributed by atoms with Crippen LogP contribution in [-0.2, 0) is 14.3 Å². The maximum atomic E-state index is 12.2. The zero-order valence-corrected chi connectivity index (χ0v) is 14.5. The Bertz CT molecular complexity index is 693. The summed E-state index contributed by atoms with van der Waals surface area (Å²) < 4.78 is 10.0. The first-order valence-electron chi connectivity index (χ1n) is 8.26. The molecule has 6 heteroatoms. The highest BCUT2D eigenvalue weighted by atomic mass is 16.5. The topological polar surface area (TPSA) is 76.1 Å². The zero-order valence-electron chi connectivity index (χ0n) is 14.5. The van der Waals surface area contributed by atoms with Crippen molar-refractivity contribution in [3.8, 4) is 11.5 Å². The number of carbonyl (C=O) groups is 2.